The van der Waals surface area contributed by atoms with Crippen molar-refractivity contribution in [3.63, 3.8) is 0 Å². The van der Waals surface area contributed by atoms with E-state index in [0.717, 1.165) is 25.3 Å². The quantitative estimate of drug-likeness (QED) is 0.886. The molecule has 1 aromatic rings. The van der Waals surface area contributed by atoms with Crippen molar-refractivity contribution in [3.8, 4) is 0 Å². The van der Waals surface area contributed by atoms with Gasteiger partial charge >= 0.3 is 6.18 Å². The van der Waals surface area contributed by atoms with Gasteiger partial charge in [0.1, 0.15) is 0 Å². The highest BCUT2D eigenvalue weighted by Gasteiger charge is 2.37. The lowest BCUT2D eigenvalue weighted by atomic mass is 9.94. The van der Waals surface area contributed by atoms with Gasteiger partial charge in [-0.15, -0.1) is 0 Å². The Balaban J connectivity index is 2.32. The van der Waals surface area contributed by atoms with Gasteiger partial charge < -0.3 is 10.1 Å². The van der Waals surface area contributed by atoms with Gasteiger partial charge in [0, 0.05) is 6.61 Å². The predicted octanol–water partition coefficient (Wildman–Crippen LogP) is 3.93. The Morgan fingerprint density at radius 3 is 2.70 bits per heavy atom. The monoisotopic (exact) mass is 287 g/mol. The molecule has 0 saturated carbocycles. The van der Waals surface area contributed by atoms with Gasteiger partial charge in [0.25, 0.3) is 0 Å². The zero-order valence-electron chi connectivity index (χ0n) is 11.5. The van der Waals surface area contributed by atoms with Gasteiger partial charge in [-0.05, 0) is 37.4 Å². The fourth-order valence-corrected chi connectivity index (χ4v) is 2.63. The standard InChI is InChI=1S/C15H20F3NO/c1-2-9-19-14(13-8-5-10-20-13)11-6-3-4-7-12(11)15(16,17)18/h3-4,6-7,13-14,19H,2,5,8-10H2,1H3. The van der Waals surface area contributed by atoms with Gasteiger partial charge in [0.15, 0.2) is 0 Å². The lowest BCUT2D eigenvalue weighted by Crippen LogP contribution is -2.33. The largest absolute Gasteiger partial charge is 0.416 e. The van der Waals surface area contributed by atoms with Crippen LogP contribution in [0.2, 0.25) is 0 Å². The zero-order chi connectivity index (χ0) is 14.6. The SMILES string of the molecule is CCCNC(c1ccccc1C(F)(F)F)C1CCCO1. The first kappa shape index (κ1) is 15.3. The number of benzene rings is 1. The molecule has 20 heavy (non-hydrogen) atoms. The lowest BCUT2D eigenvalue weighted by Gasteiger charge is -2.27. The third kappa shape index (κ3) is 3.52. The molecule has 1 fully saturated rings. The van der Waals surface area contributed by atoms with E-state index in [1.54, 1.807) is 12.1 Å². The molecule has 5 heteroatoms. The number of nitrogens with one attached hydrogen (secondary N) is 1. The first-order valence-corrected chi connectivity index (χ1v) is 7.05. The summed E-state index contributed by atoms with van der Waals surface area (Å²) in [5.74, 6) is 0. The van der Waals surface area contributed by atoms with Crippen molar-refractivity contribution in [1.29, 1.82) is 0 Å². The topological polar surface area (TPSA) is 21.3 Å². The first-order valence-electron chi connectivity index (χ1n) is 7.05. The molecule has 112 valence electrons. The van der Waals surface area contributed by atoms with Crippen LogP contribution in [0.1, 0.15) is 43.4 Å². The van der Waals surface area contributed by atoms with Crippen molar-refractivity contribution in [1.82, 2.24) is 5.32 Å². The smallest absolute Gasteiger partial charge is 0.376 e. The minimum absolute atomic E-state index is 0.176. The van der Waals surface area contributed by atoms with E-state index < -0.39 is 17.8 Å². The molecule has 1 aromatic carbocycles. The third-order valence-electron chi connectivity index (χ3n) is 3.55. The molecular weight excluding hydrogens is 267 g/mol. The van der Waals surface area contributed by atoms with Crippen LogP contribution < -0.4 is 5.32 Å². The Kier molecular flexibility index (Phi) is 5.05. The molecule has 0 aliphatic carbocycles. The molecule has 1 N–H and O–H groups in total. The molecule has 1 aliphatic heterocycles. The third-order valence-corrected chi connectivity index (χ3v) is 3.55. The number of rotatable bonds is 5. The second kappa shape index (κ2) is 6.59. The summed E-state index contributed by atoms with van der Waals surface area (Å²) >= 11 is 0. The van der Waals surface area contributed by atoms with Gasteiger partial charge in [-0.1, -0.05) is 25.1 Å². The second-order valence-corrected chi connectivity index (χ2v) is 5.07. The summed E-state index contributed by atoms with van der Waals surface area (Å²) in [6, 6.07) is 5.39. The Labute approximate surface area is 117 Å². The highest BCUT2D eigenvalue weighted by atomic mass is 19.4. The highest BCUT2D eigenvalue weighted by Crippen LogP contribution is 2.37. The van der Waals surface area contributed by atoms with Gasteiger partial charge in [0.05, 0.1) is 17.7 Å². The average molecular weight is 287 g/mol. The highest BCUT2D eigenvalue weighted by molar-refractivity contribution is 5.33. The maximum absolute atomic E-state index is 13.1. The summed E-state index contributed by atoms with van der Waals surface area (Å²) < 4.78 is 45.1. The fraction of sp³-hybridized carbons (Fsp3) is 0.600. The number of hydrogen-bond acceptors (Lipinski definition) is 2. The van der Waals surface area contributed by atoms with E-state index in [-0.39, 0.29) is 6.10 Å². The number of halogens is 3. The summed E-state index contributed by atoms with van der Waals surface area (Å²) in [6.07, 6.45) is -1.93. The summed E-state index contributed by atoms with van der Waals surface area (Å²) in [5, 5.41) is 3.22. The van der Waals surface area contributed by atoms with Gasteiger partial charge in [-0.25, -0.2) is 0 Å². The van der Waals surface area contributed by atoms with Crippen LogP contribution in [0.3, 0.4) is 0 Å². The van der Waals surface area contributed by atoms with Crippen molar-refractivity contribution in [2.24, 2.45) is 0 Å². The van der Waals surface area contributed by atoms with Crippen LogP contribution in [-0.2, 0) is 10.9 Å². The van der Waals surface area contributed by atoms with E-state index >= 15 is 0 Å². The predicted molar refractivity (Wildman–Crippen MR) is 71.5 cm³/mol. The molecule has 0 aromatic heterocycles. The summed E-state index contributed by atoms with van der Waals surface area (Å²) in [7, 11) is 0. The van der Waals surface area contributed by atoms with Crippen molar-refractivity contribution in [2.45, 2.75) is 44.5 Å². The molecule has 0 spiro atoms. The van der Waals surface area contributed by atoms with E-state index in [4.69, 9.17) is 4.74 Å². The normalized spacial score (nSPS) is 21.1. The molecule has 0 amide bonds. The second-order valence-electron chi connectivity index (χ2n) is 5.07. The van der Waals surface area contributed by atoms with Crippen LogP contribution in [0.15, 0.2) is 24.3 Å². The zero-order valence-corrected chi connectivity index (χ0v) is 11.5. The minimum Gasteiger partial charge on any atom is -0.376 e. The van der Waals surface area contributed by atoms with E-state index in [0.29, 0.717) is 18.7 Å². The molecule has 1 saturated heterocycles. The minimum atomic E-state index is -4.33. The van der Waals surface area contributed by atoms with E-state index in [2.05, 4.69) is 5.32 Å². The van der Waals surface area contributed by atoms with Crippen LogP contribution in [0.25, 0.3) is 0 Å². The Hall–Kier alpha value is -1.07. The van der Waals surface area contributed by atoms with Crippen LogP contribution in [0.5, 0.6) is 0 Å². The summed E-state index contributed by atoms with van der Waals surface area (Å²) in [4.78, 5) is 0. The number of alkyl halides is 3. The van der Waals surface area contributed by atoms with Gasteiger partial charge in [-0.3, -0.25) is 0 Å². The average Bonchev–Trinajstić information content (AvgIpc) is 2.92. The summed E-state index contributed by atoms with van der Waals surface area (Å²) in [6.45, 7) is 3.30. The Morgan fingerprint density at radius 1 is 1.35 bits per heavy atom. The number of ether oxygens (including phenoxy) is 1. The van der Waals surface area contributed by atoms with Gasteiger partial charge in [0.2, 0.25) is 0 Å². The summed E-state index contributed by atoms with van der Waals surface area (Å²) in [5.41, 5.74) is -0.274. The molecular formula is C15H20F3NO. The Bertz CT molecular complexity index is 427. The van der Waals surface area contributed by atoms with Crippen LogP contribution in [-0.4, -0.2) is 19.3 Å². The first-order chi connectivity index (χ1) is 9.54. The lowest BCUT2D eigenvalue weighted by molar-refractivity contribution is -0.138. The fourth-order valence-electron chi connectivity index (χ4n) is 2.63. The van der Waals surface area contributed by atoms with Crippen molar-refractivity contribution < 1.29 is 17.9 Å². The molecule has 0 radical (unpaired) electrons. The molecule has 2 nitrogen and oxygen atoms in total. The molecule has 2 atom stereocenters. The van der Waals surface area contributed by atoms with Crippen molar-refractivity contribution >= 4 is 0 Å². The van der Waals surface area contributed by atoms with Gasteiger partial charge in [-0.2, -0.15) is 13.2 Å². The van der Waals surface area contributed by atoms with Crippen molar-refractivity contribution in [3.05, 3.63) is 35.4 Å². The van der Waals surface area contributed by atoms with Crippen LogP contribution >= 0.6 is 0 Å². The van der Waals surface area contributed by atoms with Crippen LogP contribution in [0.4, 0.5) is 13.2 Å². The van der Waals surface area contributed by atoms with Crippen molar-refractivity contribution in [2.75, 3.05) is 13.2 Å². The van der Waals surface area contributed by atoms with E-state index in [1.165, 1.54) is 6.07 Å². The van der Waals surface area contributed by atoms with Crippen LogP contribution in [0, 0.1) is 0 Å². The number of hydrogen-bond donors (Lipinski definition) is 1. The molecule has 2 rings (SSSR count). The maximum atomic E-state index is 13.1. The molecule has 2 unspecified atom stereocenters. The molecule has 1 heterocycles. The van der Waals surface area contributed by atoms with E-state index in [1.807, 2.05) is 6.92 Å². The Morgan fingerprint density at radius 2 is 2.10 bits per heavy atom. The molecule has 1 aliphatic rings. The molecule has 0 bridgehead atoms. The van der Waals surface area contributed by atoms with E-state index in [9.17, 15) is 13.2 Å². The maximum Gasteiger partial charge on any atom is 0.416 e.